The normalized spacial score (nSPS) is 15.9. The van der Waals surface area contributed by atoms with Crippen LogP contribution in [0.2, 0.25) is 10.0 Å². The van der Waals surface area contributed by atoms with E-state index in [-0.39, 0.29) is 22.3 Å². The minimum Gasteiger partial charge on any atom is -0.268 e. The second-order valence-corrected chi connectivity index (χ2v) is 7.04. The summed E-state index contributed by atoms with van der Waals surface area (Å²) >= 11 is 12.2. The first-order valence-electron chi connectivity index (χ1n) is 6.93. The third-order valence-electron chi connectivity index (χ3n) is 3.79. The highest BCUT2D eigenvalue weighted by molar-refractivity contribution is 7.97. The van der Waals surface area contributed by atoms with Gasteiger partial charge in [0, 0.05) is 10.0 Å². The Labute approximate surface area is 155 Å². The first kappa shape index (κ1) is 16.1. The highest BCUT2D eigenvalue weighted by Gasteiger charge is 2.44. The number of nitrogens with zero attached hydrogens (tertiary/aromatic N) is 2. The van der Waals surface area contributed by atoms with Crippen molar-refractivity contribution in [3.63, 3.8) is 0 Å². The smallest absolute Gasteiger partial charge is 0.268 e. The van der Waals surface area contributed by atoms with Crippen LogP contribution in [-0.2, 0) is 0 Å². The number of carbonyl (C=O) groups is 4. The maximum Gasteiger partial charge on any atom is 0.273 e. The van der Waals surface area contributed by atoms with Gasteiger partial charge in [0.25, 0.3) is 23.6 Å². The van der Waals surface area contributed by atoms with Crippen molar-refractivity contribution in [2.24, 2.45) is 0 Å². The third-order valence-corrected chi connectivity index (χ3v) is 5.25. The number of benzene rings is 2. The van der Waals surface area contributed by atoms with Crippen molar-refractivity contribution in [2.75, 3.05) is 0 Å². The van der Waals surface area contributed by atoms with E-state index in [1.54, 1.807) is 0 Å². The number of rotatable bonds is 2. The highest BCUT2D eigenvalue weighted by atomic mass is 35.5. The summed E-state index contributed by atoms with van der Waals surface area (Å²) in [6, 6.07) is 8.59. The second-order valence-electron chi connectivity index (χ2n) is 5.27. The SMILES string of the molecule is O=C1c2ccc(Cl)cc2C(=O)N1SN1C(=O)c2ccc(Cl)cc2C1=O. The lowest BCUT2D eigenvalue weighted by atomic mass is 10.1. The molecular weight excluding hydrogens is 387 g/mol. The Morgan fingerprint density at radius 1 is 0.600 bits per heavy atom. The average molecular weight is 393 g/mol. The van der Waals surface area contributed by atoms with E-state index in [4.69, 9.17) is 23.2 Å². The average Bonchev–Trinajstić information content (AvgIpc) is 2.95. The van der Waals surface area contributed by atoms with Crippen molar-refractivity contribution in [3.05, 3.63) is 68.7 Å². The van der Waals surface area contributed by atoms with Gasteiger partial charge in [-0.2, -0.15) is 8.61 Å². The summed E-state index contributed by atoms with van der Waals surface area (Å²) in [4.78, 5) is 49.7. The van der Waals surface area contributed by atoms with Crippen LogP contribution in [0.15, 0.2) is 36.4 Å². The van der Waals surface area contributed by atoms with Crippen LogP contribution in [0, 0.1) is 0 Å². The summed E-state index contributed by atoms with van der Waals surface area (Å²) < 4.78 is 1.54. The third kappa shape index (κ3) is 2.35. The number of hydrogen-bond acceptors (Lipinski definition) is 5. The molecule has 2 aliphatic rings. The summed E-state index contributed by atoms with van der Waals surface area (Å²) in [5.74, 6) is -2.50. The number of halogens is 2. The van der Waals surface area contributed by atoms with Gasteiger partial charge in [-0.05, 0) is 36.4 Å². The van der Waals surface area contributed by atoms with Gasteiger partial charge < -0.3 is 0 Å². The predicted octanol–water partition coefficient (Wildman–Crippen LogP) is 3.45. The minimum atomic E-state index is -0.637. The van der Waals surface area contributed by atoms with Crippen LogP contribution in [0.3, 0.4) is 0 Å². The van der Waals surface area contributed by atoms with Crippen LogP contribution in [-0.4, -0.2) is 32.2 Å². The Kier molecular flexibility index (Phi) is 3.61. The summed E-state index contributed by atoms with van der Waals surface area (Å²) in [6.45, 7) is 0. The lowest BCUT2D eigenvalue weighted by molar-refractivity contribution is 0.0753. The lowest BCUT2D eigenvalue weighted by Gasteiger charge is -2.18. The topological polar surface area (TPSA) is 74.8 Å². The molecule has 124 valence electrons. The van der Waals surface area contributed by atoms with Crippen LogP contribution in [0.4, 0.5) is 0 Å². The Morgan fingerprint density at radius 3 is 1.36 bits per heavy atom. The van der Waals surface area contributed by atoms with Crippen LogP contribution in [0.1, 0.15) is 41.4 Å². The second kappa shape index (κ2) is 5.59. The van der Waals surface area contributed by atoms with E-state index in [9.17, 15) is 19.2 Å². The molecule has 0 N–H and O–H groups in total. The first-order valence-corrected chi connectivity index (χ1v) is 8.42. The zero-order valence-corrected chi connectivity index (χ0v) is 14.5. The van der Waals surface area contributed by atoms with Crippen molar-refractivity contribution in [1.29, 1.82) is 0 Å². The van der Waals surface area contributed by atoms with E-state index < -0.39 is 23.6 Å². The number of hydrogen-bond donors (Lipinski definition) is 0. The molecule has 4 amide bonds. The molecule has 6 nitrogen and oxygen atoms in total. The lowest BCUT2D eigenvalue weighted by Crippen LogP contribution is -2.32. The summed E-state index contributed by atoms with van der Waals surface area (Å²) in [6.07, 6.45) is 0. The first-order chi connectivity index (χ1) is 11.9. The van der Waals surface area contributed by atoms with Crippen LogP contribution in [0.5, 0.6) is 0 Å². The molecule has 0 saturated heterocycles. The molecule has 9 heteroatoms. The van der Waals surface area contributed by atoms with Crippen molar-refractivity contribution < 1.29 is 19.2 Å². The van der Waals surface area contributed by atoms with Gasteiger partial charge in [-0.3, -0.25) is 19.2 Å². The van der Waals surface area contributed by atoms with E-state index in [0.29, 0.717) is 22.2 Å². The molecule has 2 aromatic rings. The molecule has 0 fully saturated rings. The van der Waals surface area contributed by atoms with Gasteiger partial charge >= 0.3 is 0 Å². The molecule has 0 unspecified atom stereocenters. The number of imide groups is 2. The van der Waals surface area contributed by atoms with Gasteiger partial charge in [0.2, 0.25) is 0 Å². The van der Waals surface area contributed by atoms with Crippen LogP contribution < -0.4 is 0 Å². The monoisotopic (exact) mass is 392 g/mol. The van der Waals surface area contributed by atoms with E-state index in [1.807, 2.05) is 0 Å². The maximum absolute atomic E-state index is 12.4. The summed E-state index contributed by atoms with van der Waals surface area (Å²) in [5.41, 5.74) is 0.595. The summed E-state index contributed by atoms with van der Waals surface area (Å²) in [7, 11) is 0. The highest BCUT2D eigenvalue weighted by Crippen LogP contribution is 2.36. The molecule has 0 aliphatic carbocycles. The van der Waals surface area contributed by atoms with Gasteiger partial charge in [-0.15, -0.1) is 0 Å². The molecule has 2 aromatic carbocycles. The van der Waals surface area contributed by atoms with Crippen LogP contribution in [0.25, 0.3) is 0 Å². The van der Waals surface area contributed by atoms with Crippen molar-refractivity contribution in [3.8, 4) is 0 Å². The van der Waals surface area contributed by atoms with Crippen molar-refractivity contribution >= 4 is 59.0 Å². The number of carbonyl (C=O) groups excluding carboxylic acids is 4. The van der Waals surface area contributed by atoms with E-state index in [2.05, 4.69) is 0 Å². The molecule has 4 rings (SSSR count). The quantitative estimate of drug-likeness (QED) is 0.577. The fourth-order valence-electron chi connectivity index (χ4n) is 2.61. The molecule has 0 atom stereocenters. The number of amides is 4. The summed E-state index contributed by atoms with van der Waals surface area (Å²) in [5, 5.41) is 0.615. The molecule has 2 heterocycles. The van der Waals surface area contributed by atoms with Crippen molar-refractivity contribution in [1.82, 2.24) is 8.61 Å². The van der Waals surface area contributed by atoms with Crippen LogP contribution >= 0.6 is 35.3 Å². The van der Waals surface area contributed by atoms with Gasteiger partial charge in [0.1, 0.15) is 0 Å². The van der Waals surface area contributed by atoms with E-state index in [0.717, 1.165) is 8.61 Å². The molecule has 0 saturated carbocycles. The fourth-order valence-corrected chi connectivity index (χ4v) is 3.81. The Hall–Kier alpha value is -2.35. The van der Waals surface area contributed by atoms with E-state index in [1.165, 1.54) is 36.4 Å². The number of fused-ring (bicyclic) bond motifs is 2. The molecule has 2 aliphatic heterocycles. The minimum absolute atomic E-state index is 0.129. The Bertz CT molecular complexity index is 928. The molecule has 25 heavy (non-hydrogen) atoms. The van der Waals surface area contributed by atoms with Gasteiger partial charge in [-0.25, -0.2) is 0 Å². The molecule has 0 radical (unpaired) electrons. The fraction of sp³-hybridized carbons (Fsp3) is 0. The zero-order valence-electron chi connectivity index (χ0n) is 12.2. The van der Waals surface area contributed by atoms with Gasteiger partial charge in [0.15, 0.2) is 0 Å². The van der Waals surface area contributed by atoms with Crippen molar-refractivity contribution in [2.45, 2.75) is 0 Å². The maximum atomic E-state index is 12.4. The Morgan fingerprint density at radius 2 is 0.960 bits per heavy atom. The molecule has 0 bridgehead atoms. The predicted molar refractivity (Wildman–Crippen MR) is 91.5 cm³/mol. The molecule has 0 aromatic heterocycles. The molecule has 0 spiro atoms. The van der Waals surface area contributed by atoms with E-state index >= 15 is 0 Å². The Balaban J connectivity index is 1.66. The molecular formula is C16H6Cl2N2O4S. The van der Waals surface area contributed by atoms with Gasteiger partial charge in [-0.1, -0.05) is 23.2 Å². The largest absolute Gasteiger partial charge is 0.273 e. The van der Waals surface area contributed by atoms with Gasteiger partial charge in [0.05, 0.1) is 34.4 Å². The zero-order chi connectivity index (χ0) is 17.9. The standard InChI is InChI=1S/C16H6Cl2N2O4S/c17-7-1-3-9-11(5-7)15(23)19(13(9)21)25-20-14(22)10-4-2-8(18)6-12(10)16(20)24/h1-6H.